The third kappa shape index (κ3) is 6.76. The number of hydrogen-bond donors (Lipinski definition) is 1. The van der Waals surface area contributed by atoms with Crippen molar-refractivity contribution < 1.29 is 22.7 Å². The highest BCUT2D eigenvalue weighted by atomic mass is 32.2. The average molecular weight is 497 g/mol. The van der Waals surface area contributed by atoms with Crippen molar-refractivity contribution in [3.05, 3.63) is 83.4 Å². The number of aryl methyl sites for hydroxylation is 3. The van der Waals surface area contributed by atoms with Gasteiger partial charge in [-0.25, -0.2) is 8.42 Å². The number of methoxy groups -OCH3 is 2. The zero-order valence-corrected chi connectivity index (χ0v) is 21.4. The monoisotopic (exact) mass is 496 g/mol. The molecule has 0 aliphatic heterocycles. The SMILES string of the molecule is COc1ccc(S(=O)(=O)N(CC(=O)NCCCc2ccc(C)cc2)c2ccc(C)cc2)cc1OC. The van der Waals surface area contributed by atoms with Crippen LogP contribution >= 0.6 is 0 Å². The number of carbonyl (C=O) groups excluding carboxylic acids is 1. The van der Waals surface area contributed by atoms with Crippen molar-refractivity contribution in [1.82, 2.24) is 5.32 Å². The molecule has 8 heteroatoms. The first-order valence-electron chi connectivity index (χ1n) is 11.4. The molecule has 3 aromatic carbocycles. The lowest BCUT2D eigenvalue weighted by Crippen LogP contribution is -2.41. The molecule has 1 amide bonds. The van der Waals surface area contributed by atoms with E-state index >= 15 is 0 Å². The van der Waals surface area contributed by atoms with E-state index in [9.17, 15) is 13.2 Å². The van der Waals surface area contributed by atoms with Crippen molar-refractivity contribution in [1.29, 1.82) is 0 Å². The molecule has 3 aromatic rings. The molecule has 0 heterocycles. The van der Waals surface area contributed by atoms with Gasteiger partial charge in [0.1, 0.15) is 6.54 Å². The number of nitrogens with zero attached hydrogens (tertiary/aromatic N) is 1. The molecule has 0 saturated carbocycles. The Hall–Kier alpha value is -3.52. The van der Waals surface area contributed by atoms with Crippen molar-refractivity contribution in [2.45, 2.75) is 31.6 Å². The van der Waals surface area contributed by atoms with E-state index < -0.39 is 10.0 Å². The smallest absolute Gasteiger partial charge is 0.264 e. The topological polar surface area (TPSA) is 84.9 Å². The van der Waals surface area contributed by atoms with Gasteiger partial charge in [0.05, 0.1) is 24.8 Å². The standard InChI is InChI=1S/C27H32N2O5S/c1-20-7-11-22(12-8-20)6-5-17-28-27(30)19-29(23-13-9-21(2)10-14-23)35(31,32)24-15-16-25(33-3)26(18-24)34-4/h7-16,18H,5-6,17,19H2,1-4H3,(H,28,30). The summed E-state index contributed by atoms with van der Waals surface area (Å²) in [5.74, 6) is 0.330. The maximum Gasteiger partial charge on any atom is 0.264 e. The highest BCUT2D eigenvalue weighted by molar-refractivity contribution is 7.92. The molecule has 0 saturated heterocycles. The Balaban J connectivity index is 1.76. The minimum atomic E-state index is -4.06. The van der Waals surface area contributed by atoms with E-state index in [1.807, 2.05) is 26.0 Å². The minimum Gasteiger partial charge on any atom is -0.493 e. The molecule has 0 aliphatic carbocycles. The molecule has 3 rings (SSSR count). The van der Waals surface area contributed by atoms with Crippen molar-refractivity contribution in [2.24, 2.45) is 0 Å². The molecule has 0 bridgehead atoms. The van der Waals surface area contributed by atoms with Crippen molar-refractivity contribution >= 4 is 21.6 Å². The molecule has 0 fully saturated rings. The normalized spacial score (nSPS) is 11.1. The van der Waals surface area contributed by atoms with Gasteiger partial charge in [-0.05, 0) is 56.5 Å². The van der Waals surface area contributed by atoms with Crippen molar-refractivity contribution in [2.75, 3.05) is 31.6 Å². The highest BCUT2D eigenvalue weighted by Gasteiger charge is 2.28. The van der Waals surface area contributed by atoms with Gasteiger partial charge in [-0.2, -0.15) is 0 Å². The molecular formula is C27H32N2O5S. The van der Waals surface area contributed by atoms with Crippen LogP contribution in [0.4, 0.5) is 5.69 Å². The summed E-state index contributed by atoms with van der Waals surface area (Å²) in [5, 5.41) is 2.85. The zero-order valence-electron chi connectivity index (χ0n) is 20.6. The fourth-order valence-corrected chi connectivity index (χ4v) is 5.03. The summed E-state index contributed by atoms with van der Waals surface area (Å²) in [6, 6.07) is 19.7. The fourth-order valence-electron chi connectivity index (χ4n) is 3.59. The third-order valence-electron chi connectivity index (χ3n) is 5.64. The van der Waals surface area contributed by atoms with Crippen molar-refractivity contribution in [3.63, 3.8) is 0 Å². The highest BCUT2D eigenvalue weighted by Crippen LogP contribution is 2.32. The summed E-state index contributed by atoms with van der Waals surface area (Å²) in [6.45, 7) is 4.06. The Morgan fingerprint density at radius 3 is 2.06 bits per heavy atom. The number of carbonyl (C=O) groups is 1. The van der Waals surface area contributed by atoms with Gasteiger partial charge >= 0.3 is 0 Å². The summed E-state index contributed by atoms with van der Waals surface area (Å²) in [5.41, 5.74) is 3.79. The molecule has 0 unspecified atom stereocenters. The Morgan fingerprint density at radius 2 is 1.46 bits per heavy atom. The lowest BCUT2D eigenvalue weighted by atomic mass is 10.1. The fraction of sp³-hybridized carbons (Fsp3) is 0.296. The van der Waals surface area contributed by atoms with Gasteiger partial charge in [0, 0.05) is 12.6 Å². The molecule has 0 spiro atoms. The van der Waals surface area contributed by atoms with Crippen LogP contribution in [-0.2, 0) is 21.2 Å². The van der Waals surface area contributed by atoms with Crippen LogP contribution in [0, 0.1) is 13.8 Å². The zero-order chi connectivity index (χ0) is 25.4. The van der Waals surface area contributed by atoms with E-state index in [1.165, 1.54) is 43.5 Å². The molecule has 7 nitrogen and oxygen atoms in total. The van der Waals surface area contributed by atoms with Gasteiger partial charge in [0.2, 0.25) is 5.91 Å². The van der Waals surface area contributed by atoms with Crippen LogP contribution in [0.5, 0.6) is 11.5 Å². The molecule has 0 radical (unpaired) electrons. The molecule has 1 N–H and O–H groups in total. The number of nitrogens with one attached hydrogen (secondary N) is 1. The summed E-state index contributed by atoms with van der Waals surface area (Å²) in [6.07, 6.45) is 1.58. The quantitative estimate of drug-likeness (QED) is 0.401. The van der Waals surface area contributed by atoms with Gasteiger partial charge in [-0.3, -0.25) is 9.10 Å². The number of amides is 1. The van der Waals surface area contributed by atoms with Gasteiger partial charge in [0.15, 0.2) is 11.5 Å². The van der Waals surface area contributed by atoms with Gasteiger partial charge in [-0.15, -0.1) is 0 Å². The third-order valence-corrected chi connectivity index (χ3v) is 7.41. The molecular weight excluding hydrogens is 464 g/mol. The van der Waals surface area contributed by atoms with E-state index in [0.29, 0.717) is 18.0 Å². The summed E-state index contributed by atoms with van der Waals surface area (Å²) < 4.78 is 38.8. The van der Waals surface area contributed by atoms with Crippen LogP contribution in [0.3, 0.4) is 0 Å². The lowest BCUT2D eigenvalue weighted by Gasteiger charge is -2.24. The van der Waals surface area contributed by atoms with Crippen LogP contribution in [0.1, 0.15) is 23.1 Å². The first kappa shape index (κ1) is 26.1. The Morgan fingerprint density at radius 1 is 0.857 bits per heavy atom. The summed E-state index contributed by atoms with van der Waals surface area (Å²) >= 11 is 0. The predicted molar refractivity (Wildman–Crippen MR) is 138 cm³/mol. The number of sulfonamides is 1. The second-order valence-electron chi connectivity index (χ2n) is 8.30. The Bertz CT molecular complexity index is 1240. The number of benzene rings is 3. The predicted octanol–water partition coefficient (Wildman–Crippen LogP) is 4.26. The molecule has 0 aromatic heterocycles. The van der Waals surface area contributed by atoms with E-state index in [0.717, 1.165) is 22.7 Å². The van der Waals surface area contributed by atoms with Crippen LogP contribution in [0.25, 0.3) is 0 Å². The lowest BCUT2D eigenvalue weighted by molar-refractivity contribution is -0.119. The van der Waals surface area contributed by atoms with Gasteiger partial charge in [0.25, 0.3) is 10.0 Å². The van der Waals surface area contributed by atoms with Crippen LogP contribution in [-0.4, -0.2) is 41.6 Å². The number of rotatable bonds is 11. The van der Waals surface area contributed by atoms with E-state index in [4.69, 9.17) is 9.47 Å². The molecule has 0 atom stereocenters. The Labute approximate surface area is 207 Å². The minimum absolute atomic E-state index is 0.00268. The average Bonchev–Trinajstić information content (AvgIpc) is 2.86. The van der Waals surface area contributed by atoms with Crippen LogP contribution < -0.4 is 19.1 Å². The van der Waals surface area contributed by atoms with E-state index in [-0.39, 0.29) is 23.1 Å². The Kier molecular flexibility index (Phi) is 8.76. The van der Waals surface area contributed by atoms with Crippen LogP contribution in [0.2, 0.25) is 0 Å². The second kappa shape index (κ2) is 11.8. The van der Waals surface area contributed by atoms with E-state index in [2.05, 4.69) is 29.6 Å². The first-order valence-corrected chi connectivity index (χ1v) is 12.8. The molecule has 0 aliphatic rings. The van der Waals surface area contributed by atoms with E-state index in [1.54, 1.807) is 12.1 Å². The second-order valence-corrected chi connectivity index (χ2v) is 10.2. The first-order chi connectivity index (χ1) is 16.7. The summed E-state index contributed by atoms with van der Waals surface area (Å²) in [7, 11) is -1.14. The largest absolute Gasteiger partial charge is 0.493 e. The number of ether oxygens (including phenoxy) is 2. The number of anilines is 1. The van der Waals surface area contributed by atoms with Gasteiger partial charge in [-0.1, -0.05) is 47.5 Å². The number of hydrogen-bond acceptors (Lipinski definition) is 5. The van der Waals surface area contributed by atoms with Gasteiger partial charge < -0.3 is 14.8 Å². The molecule has 186 valence electrons. The maximum absolute atomic E-state index is 13.6. The summed E-state index contributed by atoms with van der Waals surface area (Å²) in [4.78, 5) is 12.8. The van der Waals surface area contributed by atoms with Crippen LogP contribution in [0.15, 0.2) is 71.6 Å². The molecule has 35 heavy (non-hydrogen) atoms. The van der Waals surface area contributed by atoms with Crippen molar-refractivity contribution in [3.8, 4) is 11.5 Å². The maximum atomic E-state index is 13.6.